The molecule has 0 fully saturated rings. The zero-order chi connectivity index (χ0) is 20.9. The number of methoxy groups -OCH3 is 1. The van der Waals surface area contributed by atoms with Crippen LogP contribution in [0.2, 0.25) is 0 Å². The van der Waals surface area contributed by atoms with Gasteiger partial charge in [0.05, 0.1) is 12.8 Å². The Balaban J connectivity index is 1.49. The molecule has 1 N–H and O–H groups in total. The Morgan fingerprint density at radius 3 is 2.67 bits per heavy atom. The number of nitrogens with one attached hydrogen (secondary N) is 1. The van der Waals surface area contributed by atoms with Gasteiger partial charge in [-0.25, -0.2) is 4.98 Å². The van der Waals surface area contributed by atoms with Gasteiger partial charge in [0, 0.05) is 10.9 Å². The number of ether oxygens (including phenoxy) is 1. The van der Waals surface area contributed by atoms with E-state index >= 15 is 0 Å². The summed E-state index contributed by atoms with van der Waals surface area (Å²) in [6, 6.07) is 15.6. The molecule has 1 aliphatic carbocycles. The van der Waals surface area contributed by atoms with E-state index in [4.69, 9.17) is 4.74 Å². The molecular weight excluding hydrogens is 394 g/mol. The number of hydrogen-bond donors (Lipinski definition) is 1. The summed E-state index contributed by atoms with van der Waals surface area (Å²) >= 11 is 1.35. The summed E-state index contributed by atoms with van der Waals surface area (Å²) in [4.78, 5) is 17.1. The molecule has 1 aliphatic rings. The fourth-order valence-corrected chi connectivity index (χ4v) is 4.25. The molecule has 0 spiro atoms. The Hall–Kier alpha value is -3.43. The summed E-state index contributed by atoms with van der Waals surface area (Å²) in [6.45, 7) is 0. The van der Waals surface area contributed by atoms with Crippen molar-refractivity contribution in [2.45, 2.75) is 25.7 Å². The van der Waals surface area contributed by atoms with Gasteiger partial charge in [-0.3, -0.25) is 10.1 Å². The van der Waals surface area contributed by atoms with Gasteiger partial charge in [0.15, 0.2) is 5.13 Å². The normalized spacial score (nSPS) is 13.3. The maximum absolute atomic E-state index is 12.5. The van der Waals surface area contributed by atoms with E-state index in [9.17, 15) is 10.1 Å². The second-order valence-corrected chi connectivity index (χ2v) is 7.98. The number of carbonyl (C=O) groups is 1. The Labute approximate surface area is 179 Å². The van der Waals surface area contributed by atoms with E-state index in [-0.39, 0.29) is 5.57 Å². The van der Waals surface area contributed by atoms with Crippen LogP contribution in [-0.2, 0) is 17.6 Å². The van der Waals surface area contributed by atoms with Gasteiger partial charge in [0.2, 0.25) is 0 Å². The molecule has 1 heterocycles. The van der Waals surface area contributed by atoms with Gasteiger partial charge in [0.25, 0.3) is 5.91 Å². The summed E-state index contributed by atoms with van der Waals surface area (Å²) < 4.78 is 5.12. The second kappa shape index (κ2) is 8.93. The average Bonchev–Trinajstić information content (AvgIpc) is 3.26. The van der Waals surface area contributed by atoms with Crippen molar-refractivity contribution < 1.29 is 9.53 Å². The highest BCUT2D eigenvalue weighted by atomic mass is 32.1. The highest BCUT2D eigenvalue weighted by Crippen LogP contribution is 2.29. The summed E-state index contributed by atoms with van der Waals surface area (Å²) in [5.74, 6) is 0.243. The standard InChI is InChI=1S/C24H21N3O2S/c1-29-21-10-6-16(7-11-21)12-20(14-25)23(28)27-24-26-22(15-30-24)19-9-8-17-4-2-3-5-18(17)13-19/h6-13,15H,2-5H2,1H3,(H,26,27,28)/b20-12+. The van der Waals surface area contributed by atoms with E-state index in [0.29, 0.717) is 10.9 Å². The van der Waals surface area contributed by atoms with Gasteiger partial charge >= 0.3 is 0 Å². The Morgan fingerprint density at radius 2 is 1.93 bits per heavy atom. The smallest absolute Gasteiger partial charge is 0.268 e. The van der Waals surface area contributed by atoms with E-state index < -0.39 is 5.91 Å². The number of carbonyl (C=O) groups excluding carboxylic acids is 1. The quantitative estimate of drug-likeness (QED) is 0.457. The maximum Gasteiger partial charge on any atom is 0.268 e. The molecule has 2 aromatic carbocycles. The molecule has 0 unspecified atom stereocenters. The first kappa shape index (κ1) is 19.9. The summed E-state index contributed by atoms with van der Waals surface area (Å²) in [5, 5.41) is 14.6. The van der Waals surface area contributed by atoms with E-state index in [1.165, 1.54) is 35.3 Å². The predicted molar refractivity (Wildman–Crippen MR) is 119 cm³/mol. The van der Waals surface area contributed by atoms with E-state index in [1.54, 1.807) is 37.5 Å². The van der Waals surface area contributed by atoms with Crippen LogP contribution >= 0.6 is 11.3 Å². The number of rotatable bonds is 5. The van der Waals surface area contributed by atoms with Crippen molar-refractivity contribution in [3.8, 4) is 23.1 Å². The fourth-order valence-electron chi connectivity index (χ4n) is 3.54. The van der Waals surface area contributed by atoms with Crippen LogP contribution in [0.1, 0.15) is 29.5 Å². The Bertz CT molecular complexity index is 1140. The lowest BCUT2D eigenvalue weighted by atomic mass is 9.90. The maximum atomic E-state index is 12.5. The van der Waals surface area contributed by atoms with Gasteiger partial charge in [-0.15, -0.1) is 11.3 Å². The number of nitriles is 1. The molecule has 6 heteroatoms. The number of anilines is 1. The van der Waals surface area contributed by atoms with Gasteiger partial charge in [-0.1, -0.05) is 24.3 Å². The van der Waals surface area contributed by atoms with Crippen molar-refractivity contribution in [2.75, 3.05) is 12.4 Å². The number of hydrogen-bond acceptors (Lipinski definition) is 5. The lowest BCUT2D eigenvalue weighted by molar-refractivity contribution is -0.112. The molecule has 1 amide bonds. The molecule has 30 heavy (non-hydrogen) atoms. The Morgan fingerprint density at radius 1 is 1.17 bits per heavy atom. The van der Waals surface area contributed by atoms with Crippen molar-refractivity contribution in [2.24, 2.45) is 0 Å². The first-order chi connectivity index (χ1) is 14.7. The van der Waals surface area contributed by atoms with Crippen molar-refractivity contribution in [3.05, 3.63) is 70.1 Å². The van der Waals surface area contributed by atoms with Crippen LogP contribution in [0.5, 0.6) is 5.75 Å². The van der Waals surface area contributed by atoms with Crippen LogP contribution in [0.4, 0.5) is 5.13 Å². The topological polar surface area (TPSA) is 75.0 Å². The Kier molecular flexibility index (Phi) is 5.92. The minimum Gasteiger partial charge on any atom is -0.497 e. The van der Waals surface area contributed by atoms with Crippen molar-refractivity contribution >= 4 is 28.5 Å². The third-order valence-electron chi connectivity index (χ3n) is 5.16. The third kappa shape index (κ3) is 4.42. The number of aryl methyl sites for hydroxylation is 2. The van der Waals surface area contributed by atoms with Gasteiger partial charge in [0.1, 0.15) is 17.4 Å². The van der Waals surface area contributed by atoms with Crippen LogP contribution in [0.25, 0.3) is 17.3 Å². The first-order valence-corrected chi connectivity index (χ1v) is 10.7. The summed E-state index contributed by atoms with van der Waals surface area (Å²) in [7, 11) is 1.59. The van der Waals surface area contributed by atoms with E-state index in [2.05, 4.69) is 28.5 Å². The number of fused-ring (bicyclic) bond motifs is 1. The van der Waals surface area contributed by atoms with Crippen molar-refractivity contribution in [1.82, 2.24) is 4.98 Å². The van der Waals surface area contributed by atoms with Gasteiger partial charge in [-0.2, -0.15) is 5.26 Å². The summed E-state index contributed by atoms with van der Waals surface area (Å²) in [5.41, 5.74) is 5.48. The van der Waals surface area contributed by atoms with Crippen molar-refractivity contribution in [1.29, 1.82) is 5.26 Å². The third-order valence-corrected chi connectivity index (χ3v) is 5.92. The largest absolute Gasteiger partial charge is 0.497 e. The minimum absolute atomic E-state index is 0.0192. The van der Waals surface area contributed by atoms with Gasteiger partial charge < -0.3 is 4.74 Å². The zero-order valence-corrected chi connectivity index (χ0v) is 17.5. The molecule has 4 rings (SSSR count). The van der Waals surface area contributed by atoms with E-state index in [1.807, 2.05) is 11.4 Å². The average molecular weight is 416 g/mol. The lowest BCUT2D eigenvalue weighted by Crippen LogP contribution is -2.13. The molecule has 0 radical (unpaired) electrons. The lowest BCUT2D eigenvalue weighted by Gasteiger charge is -2.16. The number of aromatic nitrogens is 1. The fraction of sp³-hybridized carbons (Fsp3) is 0.208. The van der Waals surface area contributed by atoms with Crippen LogP contribution in [-0.4, -0.2) is 18.0 Å². The second-order valence-electron chi connectivity index (χ2n) is 7.13. The molecule has 0 saturated carbocycles. The number of amides is 1. The molecule has 1 aromatic heterocycles. The van der Waals surface area contributed by atoms with Crippen molar-refractivity contribution in [3.63, 3.8) is 0 Å². The zero-order valence-electron chi connectivity index (χ0n) is 16.6. The molecule has 0 aliphatic heterocycles. The molecule has 0 saturated heterocycles. The monoisotopic (exact) mass is 415 g/mol. The molecule has 3 aromatic rings. The molecule has 0 bridgehead atoms. The highest BCUT2D eigenvalue weighted by molar-refractivity contribution is 7.14. The van der Waals surface area contributed by atoms with Crippen LogP contribution < -0.4 is 10.1 Å². The number of benzene rings is 2. The number of nitrogens with zero attached hydrogens (tertiary/aromatic N) is 2. The van der Waals surface area contributed by atoms with Crippen LogP contribution in [0.15, 0.2) is 53.4 Å². The van der Waals surface area contributed by atoms with Crippen LogP contribution in [0.3, 0.4) is 0 Å². The molecule has 5 nitrogen and oxygen atoms in total. The van der Waals surface area contributed by atoms with Crippen LogP contribution in [0, 0.1) is 11.3 Å². The van der Waals surface area contributed by atoms with E-state index in [0.717, 1.165) is 29.7 Å². The predicted octanol–water partition coefficient (Wildman–Crippen LogP) is 5.24. The molecule has 150 valence electrons. The summed E-state index contributed by atoms with van der Waals surface area (Å²) in [6.07, 6.45) is 6.29. The van der Waals surface area contributed by atoms with Gasteiger partial charge in [-0.05, 0) is 66.6 Å². The highest BCUT2D eigenvalue weighted by Gasteiger charge is 2.14. The molecular formula is C24H21N3O2S. The SMILES string of the molecule is COc1ccc(/C=C(\C#N)C(=O)Nc2nc(-c3ccc4c(c3)CCCC4)cs2)cc1. The molecule has 0 atom stereocenters. The first-order valence-electron chi connectivity index (χ1n) is 9.81. The number of thiazole rings is 1. The minimum atomic E-state index is -0.473.